The summed E-state index contributed by atoms with van der Waals surface area (Å²) in [6.07, 6.45) is -2.04. The Morgan fingerprint density at radius 2 is 2.00 bits per heavy atom. The second-order valence-electron chi connectivity index (χ2n) is 4.55. The van der Waals surface area contributed by atoms with Crippen molar-refractivity contribution in [2.24, 2.45) is 4.99 Å². The smallest absolute Gasteiger partial charge is 0.282 e. The van der Waals surface area contributed by atoms with Crippen LogP contribution in [-0.2, 0) is 0 Å². The Morgan fingerprint density at radius 3 is 2.67 bits per heavy atom. The average Bonchev–Trinajstić information content (AvgIpc) is 2.93. The number of fused-ring (bicyclic) bond motifs is 1. The lowest BCUT2D eigenvalue weighted by Crippen LogP contribution is -2.26. The number of hydrogen-bond donors (Lipinski definition) is 0. The topological polar surface area (TPSA) is 12.4 Å². The van der Waals surface area contributed by atoms with Crippen molar-refractivity contribution < 1.29 is 13.2 Å². The molecule has 0 saturated carbocycles. The van der Waals surface area contributed by atoms with Crippen LogP contribution in [0.2, 0.25) is 0 Å². The van der Waals surface area contributed by atoms with Gasteiger partial charge in [-0.15, -0.1) is 11.8 Å². The van der Waals surface area contributed by atoms with Gasteiger partial charge in [0.15, 0.2) is 6.17 Å². The zero-order chi connectivity index (χ0) is 12.8. The van der Waals surface area contributed by atoms with Crippen LogP contribution in [0, 0.1) is 0 Å². The minimum Gasteiger partial charge on any atom is -0.282 e. The fourth-order valence-corrected chi connectivity index (χ4v) is 3.46. The predicted octanol–water partition coefficient (Wildman–Crippen LogP) is 3.97. The molecule has 0 saturated heterocycles. The van der Waals surface area contributed by atoms with Crippen LogP contribution < -0.4 is 0 Å². The molecule has 0 aromatic heterocycles. The van der Waals surface area contributed by atoms with Crippen LogP contribution in [0.3, 0.4) is 0 Å². The van der Waals surface area contributed by atoms with Crippen LogP contribution in [0.25, 0.3) is 0 Å². The fourth-order valence-electron chi connectivity index (χ4n) is 2.57. The largest absolute Gasteiger partial charge is 0.289 e. The first-order valence-electron chi connectivity index (χ1n) is 5.87. The lowest BCUT2D eigenvalue weighted by molar-refractivity contribution is -0.0804. The summed E-state index contributed by atoms with van der Waals surface area (Å²) < 4.78 is 41.8. The van der Waals surface area contributed by atoms with Gasteiger partial charge in [0.1, 0.15) is 0 Å². The molecule has 0 fully saturated rings. The van der Waals surface area contributed by atoms with Gasteiger partial charge in [0, 0.05) is 18.7 Å². The summed E-state index contributed by atoms with van der Waals surface area (Å²) in [5, 5.41) is 0.726. The molecule has 5 heteroatoms. The molecule has 96 valence electrons. The van der Waals surface area contributed by atoms with Crippen molar-refractivity contribution >= 4 is 16.8 Å². The van der Waals surface area contributed by atoms with Gasteiger partial charge in [-0.2, -0.15) is 0 Å². The maximum Gasteiger partial charge on any atom is 0.289 e. The van der Waals surface area contributed by atoms with Crippen LogP contribution in [-0.4, -0.2) is 23.3 Å². The van der Waals surface area contributed by atoms with Crippen LogP contribution >= 0.6 is 11.8 Å². The number of hydrogen-bond acceptors (Lipinski definition) is 2. The Balaban J connectivity index is 1.96. The first-order valence-corrected chi connectivity index (χ1v) is 6.86. The molecule has 1 aliphatic carbocycles. The van der Waals surface area contributed by atoms with Gasteiger partial charge < -0.3 is 0 Å². The van der Waals surface area contributed by atoms with E-state index in [9.17, 15) is 13.2 Å². The summed E-state index contributed by atoms with van der Waals surface area (Å²) in [5.41, 5.74) is 0.571. The van der Waals surface area contributed by atoms with Crippen molar-refractivity contribution in [2.45, 2.75) is 24.4 Å². The molecular weight excluding hydrogens is 259 g/mol. The summed E-state index contributed by atoms with van der Waals surface area (Å²) >= 11 is 1.50. The Labute approximate surface area is 107 Å². The lowest BCUT2D eigenvalue weighted by Gasteiger charge is -2.21. The second-order valence-corrected chi connectivity index (χ2v) is 5.71. The number of nitrogens with zero attached hydrogens (tertiary/aromatic N) is 1. The van der Waals surface area contributed by atoms with Gasteiger partial charge >= 0.3 is 0 Å². The Hall–Kier alpha value is -0.970. The number of halogens is 3. The third kappa shape index (κ3) is 1.76. The summed E-state index contributed by atoms with van der Waals surface area (Å²) in [4.78, 5) is 4.19. The molecular formula is C13H12F3NS. The van der Waals surface area contributed by atoms with E-state index in [-0.39, 0.29) is 12.0 Å². The van der Waals surface area contributed by atoms with Gasteiger partial charge in [-0.25, -0.2) is 13.2 Å². The fraction of sp³-hybridized carbons (Fsp3) is 0.462. The quantitative estimate of drug-likeness (QED) is 0.793. The van der Waals surface area contributed by atoms with Crippen molar-refractivity contribution in [3.63, 3.8) is 0 Å². The third-order valence-electron chi connectivity index (χ3n) is 3.47. The molecule has 1 aliphatic heterocycles. The maximum absolute atomic E-state index is 14.0. The van der Waals surface area contributed by atoms with Gasteiger partial charge in [0.05, 0.1) is 11.0 Å². The summed E-state index contributed by atoms with van der Waals surface area (Å²) in [6.45, 7) is 0.680. The highest BCUT2D eigenvalue weighted by Gasteiger charge is 2.56. The highest BCUT2D eigenvalue weighted by Crippen LogP contribution is 2.55. The number of thioether (sulfide) groups is 1. The Kier molecular flexibility index (Phi) is 2.88. The van der Waals surface area contributed by atoms with Crippen molar-refractivity contribution in [2.75, 3.05) is 12.3 Å². The first-order chi connectivity index (χ1) is 8.60. The molecule has 2 aliphatic rings. The van der Waals surface area contributed by atoms with E-state index in [0.717, 1.165) is 10.8 Å². The molecule has 0 radical (unpaired) electrons. The summed E-state index contributed by atoms with van der Waals surface area (Å²) in [6, 6.07) is 6.35. The van der Waals surface area contributed by atoms with Gasteiger partial charge in [-0.3, -0.25) is 4.99 Å². The minimum atomic E-state index is -3.32. The molecule has 3 rings (SSSR count). The molecule has 2 unspecified atom stereocenters. The van der Waals surface area contributed by atoms with Crippen molar-refractivity contribution in [3.8, 4) is 0 Å². The van der Waals surface area contributed by atoms with Crippen LogP contribution in [0.4, 0.5) is 13.2 Å². The van der Waals surface area contributed by atoms with Crippen molar-refractivity contribution in [1.29, 1.82) is 0 Å². The molecule has 1 nitrogen and oxygen atoms in total. The van der Waals surface area contributed by atoms with Crippen LogP contribution in [0.15, 0.2) is 29.3 Å². The molecule has 0 amide bonds. The van der Waals surface area contributed by atoms with E-state index in [4.69, 9.17) is 0 Å². The number of aliphatic imine (C=N–C) groups is 1. The zero-order valence-electron chi connectivity index (χ0n) is 9.57. The van der Waals surface area contributed by atoms with E-state index < -0.39 is 18.0 Å². The van der Waals surface area contributed by atoms with Crippen molar-refractivity contribution in [1.82, 2.24) is 0 Å². The van der Waals surface area contributed by atoms with Crippen LogP contribution in [0.5, 0.6) is 0 Å². The monoisotopic (exact) mass is 271 g/mol. The van der Waals surface area contributed by atoms with Gasteiger partial charge in [0.2, 0.25) is 0 Å². The molecule has 0 N–H and O–H groups in total. The molecule has 1 aromatic rings. The van der Waals surface area contributed by atoms with E-state index in [1.54, 1.807) is 18.2 Å². The van der Waals surface area contributed by atoms with Gasteiger partial charge in [0.25, 0.3) is 5.92 Å². The van der Waals surface area contributed by atoms with E-state index in [2.05, 4.69) is 4.99 Å². The first kappa shape index (κ1) is 12.1. The summed E-state index contributed by atoms with van der Waals surface area (Å²) in [7, 11) is 0. The number of alkyl halides is 3. The van der Waals surface area contributed by atoms with Crippen molar-refractivity contribution in [3.05, 3.63) is 35.4 Å². The maximum atomic E-state index is 14.0. The molecule has 0 bridgehead atoms. The van der Waals surface area contributed by atoms with E-state index in [1.165, 1.54) is 17.8 Å². The second kappa shape index (κ2) is 4.30. The number of rotatable bonds is 2. The normalized spacial score (nSPS) is 29.2. The molecule has 1 aromatic carbocycles. The van der Waals surface area contributed by atoms with E-state index >= 15 is 0 Å². The standard InChI is InChI=1S/C13H12F3NS/c14-12-9-4-2-1-3-8(9)10(13(12,15)16)7-11-17-5-6-18-11/h1-4,10,12H,5-7H2. The Bertz CT molecular complexity index is 501. The molecule has 1 heterocycles. The minimum absolute atomic E-state index is 0.135. The average molecular weight is 271 g/mol. The number of benzene rings is 1. The third-order valence-corrected chi connectivity index (χ3v) is 4.49. The summed E-state index contributed by atoms with van der Waals surface area (Å²) in [5.74, 6) is -3.56. The van der Waals surface area contributed by atoms with Gasteiger partial charge in [-0.1, -0.05) is 24.3 Å². The molecule has 18 heavy (non-hydrogen) atoms. The predicted molar refractivity (Wildman–Crippen MR) is 67.4 cm³/mol. The Morgan fingerprint density at radius 1 is 1.28 bits per heavy atom. The molecule has 2 atom stereocenters. The highest BCUT2D eigenvalue weighted by atomic mass is 32.2. The lowest BCUT2D eigenvalue weighted by atomic mass is 9.96. The highest BCUT2D eigenvalue weighted by molar-refractivity contribution is 8.14. The van der Waals surface area contributed by atoms with E-state index in [0.29, 0.717) is 12.1 Å². The molecule has 0 spiro atoms. The van der Waals surface area contributed by atoms with Gasteiger partial charge in [-0.05, 0) is 11.1 Å². The SMILES string of the molecule is FC1c2ccccc2C(CC2=NCCS2)C1(F)F. The van der Waals surface area contributed by atoms with E-state index in [1.807, 2.05) is 0 Å². The van der Waals surface area contributed by atoms with Crippen LogP contribution in [0.1, 0.15) is 29.6 Å². The zero-order valence-corrected chi connectivity index (χ0v) is 10.4.